The summed E-state index contributed by atoms with van der Waals surface area (Å²) < 4.78 is 19.5. The molecule has 2 unspecified atom stereocenters. The third kappa shape index (κ3) is 9.25. The number of terminal acetylenes is 2. The Kier molecular flexibility index (Phi) is 11.6. The fourth-order valence-electron chi connectivity index (χ4n) is 5.13. The van der Waals surface area contributed by atoms with Gasteiger partial charge < -0.3 is 13.6 Å². The summed E-state index contributed by atoms with van der Waals surface area (Å²) in [6.07, 6.45) is 20.7. The SMILES string of the molecule is C#CC(OC(C#C)C1CCC(CO[Si](C)(C)C(C)(C)C)CC1)C1CCC(CO[Si](C)(C)C(C)(C)C)CC1. The molecule has 37 heavy (non-hydrogen) atoms. The minimum absolute atomic E-state index is 0.178. The van der Waals surface area contributed by atoms with Crippen LogP contribution in [-0.2, 0) is 13.6 Å². The van der Waals surface area contributed by atoms with Crippen LogP contribution in [0.3, 0.4) is 0 Å². The van der Waals surface area contributed by atoms with Crippen molar-refractivity contribution < 1.29 is 13.6 Å². The van der Waals surface area contributed by atoms with Crippen LogP contribution >= 0.6 is 0 Å². The predicted octanol–water partition coefficient (Wildman–Crippen LogP) is 8.66. The second-order valence-corrected chi connectivity index (χ2v) is 24.6. The molecular weight excluding hydrogens is 489 g/mol. The van der Waals surface area contributed by atoms with Crippen LogP contribution in [0.4, 0.5) is 0 Å². The van der Waals surface area contributed by atoms with Gasteiger partial charge >= 0.3 is 0 Å². The summed E-state index contributed by atoms with van der Waals surface area (Å²) in [6.45, 7) is 25.0. The summed E-state index contributed by atoms with van der Waals surface area (Å²) in [5.41, 5.74) is 0. The van der Waals surface area contributed by atoms with Crippen LogP contribution in [0.1, 0.15) is 92.9 Å². The predicted molar refractivity (Wildman–Crippen MR) is 164 cm³/mol. The second kappa shape index (κ2) is 13.2. The fourth-order valence-corrected chi connectivity index (χ4v) is 7.30. The van der Waals surface area contributed by atoms with Crippen LogP contribution in [0.15, 0.2) is 0 Å². The van der Waals surface area contributed by atoms with Crippen LogP contribution in [0.2, 0.25) is 36.3 Å². The zero-order chi connectivity index (χ0) is 28.1. The molecular formula is C32H58O3Si2. The Hall–Kier alpha value is -0.566. The van der Waals surface area contributed by atoms with Crippen molar-refractivity contribution in [1.82, 2.24) is 0 Å². The van der Waals surface area contributed by atoms with Crippen molar-refractivity contribution in [3.8, 4) is 24.7 Å². The first kappa shape index (κ1) is 32.6. The third-order valence-corrected chi connectivity index (χ3v) is 19.2. The van der Waals surface area contributed by atoms with E-state index in [4.69, 9.17) is 26.4 Å². The molecule has 0 spiro atoms. The molecule has 0 N–H and O–H groups in total. The molecule has 212 valence electrons. The lowest BCUT2D eigenvalue weighted by atomic mass is 9.78. The largest absolute Gasteiger partial charge is 0.417 e. The van der Waals surface area contributed by atoms with Crippen molar-refractivity contribution >= 4 is 16.6 Å². The normalized spacial score (nSPS) is 27.7. The van der Waals surface area contributed by atoms with Crippen molar-refractivity contribution in [2.45, 2.75) is 141 Å². The topological polar surface area (TPSA) is 27.7 Å². The van der Waals surface area contributed by atoms with Crippen molar-refractivity contribution in [3.05, 3.63) is 0 Å². The van der Waals surface area contributed by atoms with E-state index in [0.717, 1.165) is 38.9 Å². The van der Waals surface area contributed by atoms with Gasteiger partial charge in [0.15, 0.2) is 16.6 Å². The Labute approximate surface area is 232 Å². The molecule has 2 aliphatic carbocycles. The summed E-state index contributed by atoms with van der Waals surface area (Å²) in [5.74, 6) is 8.01. The Balaban J connectivity index is 1.80. The zero-order valence-electron chi connectivity index (χ0n) is 25.9. The summed E-state index contributed by atoms with van der Waals surface area (Å²) in [4.78, 5) is 0. The molecule has 0 aromatic heterocycles. The van der Waals surface area contributed by atoms with Crippen molar-refractivity contribution in [3.63, 3.8) is 0 Å². The maximum absolute atomic E-state index is 6.51. The highest BCUT2D eigenvalue weighted by atomic mass is 28.4. The molecule has 2 rings (SSSR count). The standard InChI is InChI=1S/C32H58O3Si2/c1-13-29(27-19-15-25(16-20-27)23-33-36(9,10)31(3,4)5)35-30(14-2)28-21-17-26(18-22-28)24-34-37(11,12)32(6,7)8/h1-2,25-30H,15-24H2,3-12H3. The summed E-state index contributed by atoms with van der Waals surface area (Å²) in [5, 5.41) is 0.515. The van der Waals surface area contributed by atoms with E-state index in [2.05, 4.69) is 79.6 Å². The highest BCUT2D eigenvalue weighted by molar-refractivity contribution is 6.74. The molecule has 2 atom stereocenters. The van der Waals surface area contributed by atoms with E-state index >= 15 is 0 Å². The van der Waals surface area contributed by atoms with Crippen LogP contribution < -0.4 is 0 Å². The first-order valence-corrected chi connectivity index (χ1v) is 20.7. The molecule has 2 aliphatic rings. The minimum Gasteiger partial charge on any atom is -0.417 e. The Bertz CT molecular complexity index is 711. The Morgan fingerprint density at radius 2 is 0.919 bits per heavy atom. The number of hydrogen-bond acceptors (Lipinski definition) is 3. The van der Waals surface area contributed by atoms with Gasteiger partial charge in [0.25, 0.3) is 0 Å². The van der Waals surface area contributed by atoms with Crippen molar-refractivity contribution in [2.75, 3.05) is 13.2 Å². The molecule has 0 aromatic rings. The van der Waals surface area contributed by atoms with Gasteiger partial charge in [0.2, 0.25) is 0 Å². The van der Waals surface area contributed by atoms with Gasteiger partial charge in [-0.1, -0.05) is 53.4 Å². The lowest BCUT2D eigenvalue weighted by Gasteiger charge is -2.40. The minimum atomic E-state index is -1.69. The molecule has 5 heteroatoms. The summed E-state index contributed by atoms with van der Waals surface area (Å²) >= 11 is 0. The number of ether oxygens (including phenoxy) is 1. The van der Waals surface area contributed by atoms with Gasteiger partial charge in [-0.15, -0.1) is 12.8 Å². The monoisotopic (exact) mass is 546 g/mol. The smallest absolute Gasteiger partial charge is 0.191 e. The van der Waals surface area contributed by atoms with E-state index in [9.17, 15) is 0 Å². The molecule has 2 fully saturated rings. The van der Waals surface area contributed by atoms with Crippen LogP contribution in [0, 0.1) is 48.4 Å². The molecule has 0 radical (unpaired) electrons. The van der Waals surface area contributed by atoms with E-state index < -0.39 is 16.6 Å². The quantitative estimate of drug-likeness (QED) is 0.203. The van der Waals surface area contributed by atoms with Crippen molar-refractivity contribution in [1.29, 1.82) is 0 Å². The Morgan fingerprint density at radius 3 is 1.16 bits per heavy atom. The van der Waals surface area contributed by atoms with Gasteiger partial charge in [0, 0.05) is 13.2 Å². The number of hydrogen-bond donors (Lipinski definition) is 0. The molecule has 3 nitrogen and oxygen atoms in total. The second-order valence-electron chi connectivity index (χ2n) is 15.0. The molecule has 0 amide bonds. The van der Waals surface area contributed by atoms with Gasteiger partial charge in [-0.25, -0.2) is 0 Å². The van der Waals surface area contributed by atoms with E-state index in [1.807, 2.05) is 0 Å². The molecule has 2 saturated carbocycles. The van der Waals surface area contributed by atoms with Gasteiger partial charge in [0.05, 0.1) is 0 Å². The fraction of sp³-hybridized carbons (Fsp3) is 0.875. The lowest BCUT2D eigenvalue weighted by molar-refractivity contribution is -0.0338. The Morgan fingerprint density at radius 1 is 0.622 bits per heavy atom. The summed E-state index contributed by atoms with van der Waals surface area (Å²) in [7, 11) is -3.39. The maximum Gasteiger partial charge on any atom is 0.191 e. The van der Waals surface area contributed by atoms with Gasteiger partial charge in [-0.2, -0.15) is 0 Å². The van der Waals surface area contributed by atoms with Crippen LogP contribution in [0.25, 0.3) is 0 Å². The molecule has 0 aromatic carbocycles. The van der Waals surface area contributed by atoms with E-state index in [0.29, 0.717) is 23.7 Å². The highest BCUT2D eigenvalue weighted by Gasteiger charge is 2.40. The molecule has 0 saturated heterocycles. The van der Waals surface area contributed by atoms with Crippen LogP contribution in [0.5, 0.6) is 0 Å². The molecule has 0 bridgehead atoms. The molecule has 0 aliphatic heterocycles. The van der Waals surface area contributed by atoms with Gasteiger partial charge in [-0.3, -0.25) is 0 Å². The van der Waals surface area contributed by atoms with Crippen LogP contribution in [-0.4, -0.2) is 42.1 Å². The third-order valence-electron chi connectivity index (χ3n) is 10.2. The van der Waals surface area contributed by atoms with Gasteiger partial charge in [-0.05, 0) is 111 Å². The van der Waals surface area contributed by atoms with Crippen molar-refractivity contribution in [2.24, 2.45) is 23.7 Å². The average molecular weight is 547 g/mol. The lowest BCUT2D eigenvalue weighted by Crippen LogP contribution is -2.42. The number of rotatable bonds is 10. The zero-order valence-corrected chi connectivity index (χ0v) is 27.9. The first-order chi connectivity index (χ1) is 17.0. The van der Waals surface area contributed by atoms with Gasteiger partial charge in [0.1, 0.15) is 12.2 Å². The van der Waals surface area contributed by atoms with E-state index in [-0.39, 0.29) is 22.3 Å². The first-order valence-electron chi connectivity index (χ1n) is 14.9. The van der Waals surface area contributed by atoms with E-state index in [1.54, 1.807) is 0 Å². The van der Waals surface area contributed by atoms with E-state index in [1.165, 1.54) is 25.7 Å². The maximum atomic E-state index is 6.51. The average Bonchev–Trinajstić information content (AvgIpc) is 2.82. The molecule has 0 heterocycles. The highest BCUT2D eigenvalue weighted by Crippen LogP contribution is 2.40. The summed E-state index contributed by atoms with van der Waals surface area (Å²) in [6, 6.07) is 0.